The topological polar surface area (TPSA) is 87.9 Å². The van der Waals surface area contributed by atoms with E-state index in [1.165, 1.54) is 16.9 Å². The normalized spacial score (nSPS) is 14.9. The fourth-order valence-corrected chi connectivity index (χ4v) is 4.75. The fraction of sp³-hybridized carbons (Fsp3) is 0.333. The van der Waals surface area contributed by atoms with Crippen molar-refractivity contribution < 1.29 is 9.53 Å². The third-order valence-corrected chi connectivity index (χ3v) is 6.30. The van der Waals surface area contributed by atoms with Crippen LogP contribution in [0.3, 0.4) is 0 Å². The second-order valence-electron chi connectivity index (χ2n) is 7.79. The molecular weight excluding hydrogens is 408 g/mol. The highest BCUT2D eigenvalue weighted by atomic mass is 32.1. The van der Waals surface area contributed by atoms with E-state index in [4.69, 9.17) is 4.74 Å². The molecule has 6 nitrogen and oxygen atoms in total. The Hall–Kier alpha value is -3.24. The maximum Gasteiger partial charge on any atom is 0.220 e. The maximum absolute atomic E-state index is 11.9. The number of carbonyl (C=O) groups is 1. The van der Waals surface area contributed by atoms with Crippen LogP contribution in [-0.2, 0) is 11.2 Å². The Kier molecular flexibility index (Phi) is 6.01. The van der Waals surface area contributed by atoms with E-state index in [1.54, 1.807) is 6.07 Å². The number of hydrogen-bond acceptors (Lipinski definition) is 6. The summed E-state index contributed by atoms with van der Waals surface area (Å²) in [6.07, 6.45) is 2.27. The van der Waals surface area contributed by atoms with E-state index in [1.807, 2.05) is 39.0 Å². The number of hydrogen-bond donors (Lipinski definition) is 1. The summed E-state index contributed by atoms with van der Waals surface area (Å²) in [7, 11) is 0. The Morgan fingerprint density at radius 2 is 2.10 bits per heavy atom. The van der Waals surface area contributed by atoms with Gasteiger partial charge in [-0.2, -0.15) is 5.26 Å². The quantitative estimate of drug-likeness (QED) is 0.589. The minimum Gasteiger partial charge on any atom is -0.490 e. The Labute approximate surface area is 185 Å². The number of aromatic nitrogens is 2. The number of carbonyl (C=O) groups excluding carboxylic acids is 1. The standard InChI is InChI=1S/C24H24N4O2S/c1-4-22(29)26-20-10-9-17-18(20)6-5-7-19(17)24-28-27-23(31-24)15-8-11-21(30-14(2)3)16(12-15)13-25/h5-8,11-12,14,20H,4,9-10H2,1-3H3,(H,26,29). The molecule has 31 heavy (non-hydrogen) atoms. The van der Waals surface area contributed by atoms with Crippen LogP contribution in [0.2, 0.25) is 0 Å². The monoisotopic (exact) mass is 432 g/mol. The van der Waals surface area contributed by atoms with Crippen molar-refractivity contribution in [2.75, 3.05) is 0 Å². The van der Waals surface area contributed by atoms with Gasteiger partial charge in [-0.05, 0) is 56.0 Å². The van der Waals surface area contributed by atoms with E-state index in [9.17, 15) is 10.1 Å². The lowest BCUT2D eigenvalue weighted by Crippen LogP contribution is -2.26. The second-order valence-corrected chi connectivity index (χ2v) is 8.76. The first-order valence-corrected chi connectivity index (χ1v) is 11.3. The molecule has 1 N–H and O–H groups in total. The number of fused-ring (bicyclic) bond motifs is 1. The van der Waals surface area contributed by atoms with Gasteiger partial charge < -0.3 is 10.1 Å². The van der Waals surface area contributed by atoms with Crippen LogP contribution >= 0.6 is 11.3 Å². The predicted molar refractivity (Wildman–Crippen MR) is 121 cm³/mol. The molecule has 7 heteroatoms. The van der Waals surface area contributed by atoms with Gasteiger partial charge in [0, 0.05) is 17.5 Å². The highest BCUT2D eigenvalue weighted by molar-refractivity contribution is 7.17. The molecule has 158 valence electrons. The summed E-state index contributed by atoms with van der Waals surface area (Å²) in [5.41, 5.74) is 4.79. The van der Waals surface area contributed by atoms with Gasteiger partial charge in [0.15, 0.2) is 0 Å². The SMILES string of the molecule is CCC(=O)NC1CCc2c(-c3nnc(-c4ccc(OC(C)C)c(C#N)c4)s3)cccc21. The van der Waals surface area contributed by atoms with E-state index >= 15 is 0 Å². The van der Waals surface area contributed by atoms with E-state index in [2.05, 4.69) is 33.7 Å². The lowest BCUT2D eigenvalue weighted by Gasteiger charge is -2.14. The lowest BCUT2D eigenvalue weighted by atomic mass is 10.0. The van der Waals surface area contributed by atoms with E-state index in [0.717, 1.165) is 39.5 Å². The highest BCUT2D eigenvalue weighted by Gasteiger charge is 2.27. The number of nitrogens with one attached hydrogen (secondary N) is 1. The number of nitriles is 1. The summed E-state index contributed by atoms with van der Waals surface area (Å²) in [6.45, 7) is 5.73. The van der Waals surface area contributed by atoms with Gasteiger partial charge in [0.1, 0.15) is 21.8 Å². The number of ether oxygens (including phenoxy) is 1. The van der Waals surface area contributed by atoms with E-state index in [0.29, 0.717) is 17.7 Å². The number of rotatable bonds is 6. The number of amides is 1. The van der Waals surface area contributed by atoms with Gasteiger partial charge >= 0.3 is 0 Å². The van der Waals surface area contributed by atoms with Crippen LogP contribution in [0, 0.1) is 11.3 Å². The Balaban J connectivity index is 1.64. The van der Waals surface area contributed by atoms with Crippen molar-refractivity contribution in [3.05, 3.63) is 53.1 Å². The lowest BCUT2D eigenvalue weighted by molar-refractivity contribution is -0.121. The molecule has 0 saturated heterocycles. The molecule has 0 saturated carbocycles. The van der Waals surface area contributed by atoms with Crippen LogP contribution in [-0.4, -0.2) is 22.2 Å². The van der Waals surface area contributed by atoms with Crippen molar-refractivity contribution in [1.82, 2.24) is 15.5 Å². The average molecular weight is 433 g/mol. The third-order valence-electron chi connectivity index (χ3n) is 5.29. The second kappa shape index (κ2) is 8.86. The van der Waals surface area contributed by atoms with Crippen LogP contribution < -0.4 is 10.1 Å². The zero-order valence-electron chi connectivity index (χ0n) is 17.8. The van der Waals surface area contributed by atoms with E-state index < -0.39 is 0 Å². The summed E-state index contributed by atoms with van der Waals surface area (Å²) >= 11 is 1.50. The molecule has 1 amide bonds. The Bertz CT molecular complexity index is 1160. The molecular formula is C24H24N4O2S. The zero-order valence-corrected chi connectivity index (χ0v) is 18.6. The minimum absolute atomic E-state index is 0.00260. The zero-order chi connectivity index (χ0) is 22.0. The fourth-order valence-electron chi connectivity index (χ4n) is 3.86. The first kappa shape index (κ1) is 21.0. The maximum atomic E-state index is 11.9. The van der Waals surface area contributed by atoms with E-state index in [-0.39, 0.29) is 18.1 Å². The summed E-state index contributed by atoms with van der Waals surface area (Å²) in [6, 6.07) is 13.9. The van der Waals surface area contributed by atoms with Crippen molar-refractivity contribution in [2.24, 2.45) is 0 Å². The molecule has 1 unspecified atom stereocenters. The van der Waals surface area contributed by atoms with Crippen molar-refractivity contribution in [2.45, 2.75) is 52.2 Å². The predicted octanol–water partition coefficient (Wildman–Crippen LogP) is 5.04. The molecule has 0 bridgehead atoms. The summed E-state index contributed by atoms with van der Waals surface area (Å²) in [4.78, 5) is 11.9. The largest absolute Gasteiger partial charge is 0.490 e. The van der Waals surface area contributed by atoms with Gasteiger partial charge in [-0.25, -0.2) is 0 Å². The van der Waals surface area contributed by atoms with Crippen LogP contribution in [0.1, 0.15) is 56.3 Å². The van der Waals surface area contributed by atoms with Gasteiger partial charge in [0.05, 0.1) is 17.7 Å². The molecule has 3 aromatic rings. The van der Waals surface area contributed by atoms with Crippen molar-refractivity contribution >= 4 is 17.2 Å². The Morgan fingerprint density at radius 3 is 2.84 bits per heavy atom. The molecule has 0 radical (unpaired) electrons. The first-order valence-electron chi connectivity index (χ1n) is 10.5. The highest BCUT2D eigenvalue weighted by Crippen LogP contribution is 2.40. The van der Waals surface area contributed by atoms with Crippen LogP contribution in [0.25, 0.3) is 21.1 Å². The van der Waals surface area contributed by atoms with Crippen molar-refractivity contribution in [3.63, 3.8) is 0 Å². The van der Waals surface area contributed by atoms with Gasteiger partial charge in [0.2, 0.25) is 5.91 Å². The molecule has 1 aliphatic rings. The first-order chi connectivity index (χ1) is 15.0. The molecule has 0 spiro atoms. The molecule has 2 aromatic carbocycles. The van der Waals surface area contributed by atoms with Gasteiger partial charge in [-0.15, -0.1) is 10.2 Å². The minimum atomic E-state index is -0.00260. The summed E-state index contributed by atoms with van der Waals surface area (Å²) in [5.74, 6) is 0.645. The average Bonchev–Trinajstić information content (AvgIpc) is 3.41. The molecule has 1 aromatic heterocycles. The van der Waals surface area contributed by atoms with Crippen LogP contribution in [0.15, 0.2) is 36.4 Å². The summed E-state index contributed by atoms with van der Waals surface area (Å²) < 4.78 is 5.71. The van der Waals surface area contributed by atoms with Crippen molar-refractivity contribution in [3.8, 4) is 33.0 Å². The Morgan fingerprint density at radius 1 is 1.29 bits per heavy atom. The number of benzene rings is 2. The van der Waals surface area contributed by atoms with Gasteiger partial charge in [-0.3, -0.25) is 4.79 Å². The third kappa shape index (κ3) is 4.30. The molecule has 4 rings (SSSR count). The van der Waals surface area contributed by atoms with Crippen LogP contribution in [0.5, 0.6) is 5.75 Å². The smallest absolute Gasteiger partial charge is 0.220 e. The van der Waals surface area contributed by atoms with Gasteiger partial charge in [-0.1, -0.05) is 36.5 Å². The van der Waals surface area contributed by atoms with Crippen molar-refractivity contribution in [1.29, 1.82) is 5.26 Å². The van der Waals surface area contributed by atoms with Gasteiger partial charge in [0.25, 0.3) is 0 Å². The van der Waals surface area contributed by atoms with Crippen LogP contribution in [0.4, 0.5) is 0 Å². The molecule has 0 fully saturated rings. The molecule has 0 aliphatic heterocycles. The molecule has 1 heterocycles. The summed E-state index contributed by atoms with van der Waals surface area (Å²) in [5, 5.41) is 23.0. The molecule has 1 atom stereocenters. The number of nitrogens with zero attached hydrogens (tertiary/aromatic N) is 3. The molecule has 1 aliphatic carbocycles.